The summed E-state index contributed by atoms with van der Waals surface area (Å²) >= 11 is 0. The zero-order valence-corrected chi connectivity index (χ0v) is 15.9. The van der Waals surface area contributed by atoms with Crippen LogP contribution in [0.4, 0.5) is 29.1 Å². The number of rotatable bonds is 2. The number of piperidine rings is 1. The fraction of sp³-hybridized carbons (Fsp3) is 0.333. The predicted molar refractivity (Wildman–Crippen MR) is 101 cm³/mol. The summed E-state index contributed by atoms with van der Waals surface area (Å²) in [5.74, 6) is -2.15. The number of anilines is 2. The van der Waals surface area contributed by atoms with E-state index in [0.717, 1.165) is 0 Å². The molecule has 0 amide bonds. The van der Waals surface area contributed by atoms with E-state index in [9.17, 15) is 22.7 Å². The number of aromatic hydroxyl groups is 1. The Morgan fingerprint density at radius 1 is 1.13 bits per heavy atom. The lowest BCUT2D eigenvalue weighted by Gasteiger charge is -2.33. The van der Waals surface area contributed by atoms with E-state index in [4.69, 9.17) is 15.6 Å². The zero-order valence-electron chi connectivity index (χ0n) is 15.9. The molecule has 1 aliphatic rings. The van der Waals surface area contributed by atoms with Crippen molar-refractivity contribution in [3.63, 3.8) is 0 Å². The molecule has 0 unspecified atom stereocenters. The third-order valence-electron chi connectivity index (χ3n) is 4.95. The number of hydrogen-bond donors (Lipinski definition) is 3. The average Bonchev–Trinajstić information content (AvgIpc) is 3.17. The molecule has 1 aromatic carbocycles. The normalized spacial score (nSPS) is 14.9. The van der Waals surface area contributed by atoms with Gasteiger partial charge in [0.15, 0.2) is 17.2 Å². The van der Waals surface area contributed by atoms with Gasteiger partial charge in [0.25, 0.3) is 12.3 Å². The third kappa shape index (κ3) is 4.44. The van der Waals surface area contributed by atoms with Crippen LogP contribution < -0.4 is 10.6 Å². The number of nitrogens with zero attached hydrogens (tertiary/aromatic N) is 5. The molecule has 4 N–H and O–H groups in total. The van der Waals surface area contributed by atoms with E-state index in [1.807, 2.05) is 4.90 Å². The molecule has 0 bridgehead atoms. The minimum atomic E-state index is -4.65. The monoisotopic (exact) mass is 442 g/mol. The lowest BCUT2D eigenvalue weighted by atomic mass is 9.88. The molecular weight excluding hydrogens is 424 g/mol. The van der Waals surface area contributed by atoms with Gasteiger partial charge in [-0.15, -0.1) is 15.3 Å². The number of phenolic OH excluding ortho intramolecular Hbond substituents is 1. The van der Waals surface area contributed by atoms with Crippen molar-refractivity contribution >= 4 is 23.6 Å². The van der Waals surface area contributed by atoms with Crippen molar-refractivity contribution in [1.29, 1.82) is 0 Å². The number of carboxylic acid groups (broad SMARTS) is 1. The molecule has 3 aromatic rings. The predicted octanol–water partition coefficient (Wildman–Crippen LogP) is 2.65. The molecule has 0 spiro atoms. The van der Waals surface area contributed by atoms with E-state index < -0.39 is 23.6 Å². The van der Waals surface area contributed by atoms with Crippen LogP contribution in [-0.4, -0.2) is 49.6 Å². The summed E-state index contributed by atoms with van der Waals surface area (Å²) < 4.78 is 53.6. The Morgan fingerprint density at radius 2 is 1.77 bits per heavy atom. The maximum absolute atomic E-state index is 13.8. The summed E-state index contributed by atoms with van der Waals surface area (Å²) in [4.78, 5) is 10.2. The summed E-state index contributed by atoms with van der Waals surface area (Å²) in [5, 5.41) is 27.0. The number of aromatic nitrogens is 4. The van der Waals surface area contributed by atoms with Crippen LogP contribution in [0.5, 0.6) is 5.75 Å². The smallest absolute Gasteiger partial charge is 0.453 e. The van der Waals surface area contributed by atoms with E-state index in [-0.39, 0.29) is 23.7 Å². The van der Waals surface area contributed by atoms with E-state index >= 15 is 0 Å². The first-order valence-electron chi connectivity index (χ1n) is 9.06. The van der Waals surface area contributed by atoms with Gasteiger partial charge in [0.1, 0.15) is 5.82 Å². The van der Waals surface area contributed by atoms with Crippen molar-refractivity contribution in [2.75, 3.05) is 23.7 Å². The molecule has 1 aliphatic heterocycles. The quantitative estimate of drug-likeness (QED) is 0.314. The van der Waals surface area contributed by atoms with E-state index in [1.54, 1.807) is 12.1 Å². The molecule has 9 nitrogen and oxygen atoms in total. The summed E-state index contributed by atoms with van der Waals surface area (Å²) in [6.45, 7) is 0.767. The number of carbonyl (C=O) groups is 1. The molecule has 3 heterocycles. The Bertz CT molecular complexity index is 1080. The van der Waals surface area contributed by atoms with Gasteiger partial charge in [-0.05, 0) is 42.5 Å². The Balaban J connectivity index is 0.000000858. The standard InChI is InChI=1S/C17H16F4N6O.CH2O2/c18-14-11(28)2-1-10(15(14)22)9-5-7-26(8-6-9)13-4-3-12-23-24-16(17(19,20)21)27(12)25-13;2-1-3/h1-4,9,28H,5-8,22H2;1H,(H,2,3). The van der Waals surface area contributed by atoms with Crippen molar-refractivity contribution in [3.8, 4) is 5.75 Å². The molecule has 1 saturated heterocycles. The lowest BCUT2D eigenvalue weighted by molar-refractivity contribution is -0.146. The van der Waals surface area contributed by atoms with Crippen LogP contribution >= 0.6 is 0 Å². The Hall–Kier alpha value is -3.64. The van der Waals surface area contributed by atoms with E-state index in [0.29, 0.717) is 41.8 Å². The van der Waals surface area contributed by atoms with E-state index in [1.165, 1.54) is 12.1 Å². The van der Waals surface area contributed by atoms with Crippen LogP contribution in [0.15, 0.2) is 24.3 Å². The van der Waals surface area contributed by atoms with E-state index in [2.05, 4.69) is 15.3 Å². The maximum Gasteiger partial charge on any atom is 0.453 e. The minimum absolute atomic E-state index is 0.0123. The number of nitrogen functional groups attached to an aromatic ring is 1. The van der Waals surface area contributed by atoms with Gasteiger partial charge in [0.05, 0.1) is 5.69 Å². The van der Waals surface area contributed by atoms with Gasteiger partial charge in [0.2, 0.25) is 0 Å². The Labute approximate surface area is 172 Å². The van der Waals surface area contributed by atoms with Gasteiger partial charge in [0, 0.05) is 13.1 Å². The number of alkyl halides is 3. The molecule has 31 heavy (non-hydrogen) atoms. The number of hydrogen-bond acceptors (Lipinski definition) is 7. The van der Waals surface area contributed by atoms with Crippen LogP contribution in [0, 0.1) is 5.82 Å². The topological polar surface area (TPSA) is 130 Å². The van der Waals surface area contributed by atoms with Crippen molar-refractivity contribution in [2.24, 2.45) is 0 Å². The maximum atomic E-state index is 13.8. The molecule has 166 valence electrons. The first kappa shape index (κ1) is 22.1. The first-order valence-corrected chi connectivity index (χ1v) is 9.06. The largest absolute Gasteiger partial charge is 0.505 e. The minimum Gasteiger partial charge on any atom is -0.505 e. The van der Waals surface area contributed by atoms with Gasteiger partial charge < -0.3 is 20.8 Å². The Kier molecular flexibility index (Phi) is 6.13. The van der Waals surface area contributed by atoms with Gasteiger partial charge in [-0.25, -0.2) is 4.39 Å². The second-order valence-corrected chi connectivity index (χ2v) is 6.75. The number of benzene rings is 1. The van der Waals surface area contributed by atoms with Gasteiger partial charge in [-0.3, -0.25) is 4.79 Å². The Morgan fingerprint density at radius 3 is 2.39 bits per heavy atom. The molecule has 0 atom stereocenters. The highest BCUT2D eigenvalue weighted by Gasteiger charge is 2.38. The van der Waals surface area contributed by atoms with Crippen LogP contribution in [0.1, 0.15) is 30.1 Å². The molecule has 0 aliphatic carbocycles. The van der Waals surface area contributed by atoms with Gasteiger partial charge in [-0.1, -0.05) is 6.07 Å². The molecule has 2 aromatic heterocycles. The number of phenols is 1. The highest BCUT2D eigenvalue weighted by Crippen LogP contribution is 2.36. The van der Waals surface area contributed by atoms with Gasteiger partial charge >= 0.3 is 6.18 Å². The third-order valence-corrected chi connectivity index (χ3v) is 4.95. The summed E-state index contributed by atoms with van der Waals surface area (Å²) in [6, 6.07) is 5.90. The lowest BCUT2D eigenvalue weighted by Crippen LogP contribution is -2.34. The molecule has 13 heteroatoms. The SMILES string of the molecule is Nc1c(C2CCN(c3ccc4nnc(C(F)(F)F)n4n3)CC2)ccc(O)c1F.O=CO. The van der Waals surface area contributed by atoms with Crippen LogP contribution in [0.3, 0.4) is 0 Å². The fourth-order valence-corrected chi connectivity index (χ4v) is 3.50. The molecular formula is C18H18F4N6O3. The first-order chi connectivity index (χ1) is 14.7. The number of halogens is 4. The zero-order chi connectivity index (χ0) is 22.8. The number of nitrogens with two attached hydrogens (primary N) is 1. The molecule has 4 rings (SSSR count). The van der Waals surface area contributed by atoms with Crippen LogP contribution in [0.2, 0.25) is 0 Å². The highest BCUT2D eigenvalue weighted by molar-refractivity contribution is 5.55. The van der Waals surface area contributed by atoms with Crippen molar-refractivity contribution < 1.29 is 32.6 Å². The van der Waals surface area contributed by atoms with Crippen molar-refractivity contribution in [3.05, 3.63) is 41.5 Å². The molecule has 0 saturated carbocycles. The van der Waals surface area contributed by atoms with Crippen LogP contribution in [-0.2, 0) is 11.0 Å². The summed E-state index contributed by atoms with van der Waals surface area (Å²) in [6.07, 6.45) is -3.43. The van der Waals surface area contributed by atoms with Gasteiger partial charge in [-0.2, -0.15) is 17.7 Å². The molecule has 0 radical (unpaired) electrons. The molecule has 1 fully saturated rings. The average molecular weight is 442 g/mol. The second-order valence-electron chi connectivity index (χ2n) is 6.75. The van der Waals surface area contributed by atoms with Crippen molar-refractivity contribution in [1.82, 2.24) is 19.8 Å². The summed E-state index contributed by atoms with van der Waals surface area (Å²) in [7, 11) is 0. The summed E-state index contributed by atoms with van der Waals surface area (Å²) in [5.41, 5.74) is 6.35. The van der Waals surface area contributed by atoms with Crippen LogP contribution in [0.25, 0.3) is 5.65 Å². The van der Waals surface area contributed by atoms with Crippen molar-refractivity contribution in [2.45, 2.75) is 24.9 Å². The number of fused-ring (bicyclic) bond motifs is 1. The second kappa shape index (κ2) is 8.62. The fourth-order valence-electron chi connectivity index (χ4n) is 3.50. The highest BCUT2D eigenvalue weighted by atomic mass is 19.4.